The van der Waals surface area contributed by atoms with E-state index in [1.165, 1.54) is 0 Å². The monoisotopic (exact) mass is 247 g/mol. The van der Waals surface area contributed by atoms with Gasteiger partial charge >= 0.3 is 0 Å². The first kappa shape index (κ1) is 14.4. The number of carbonyl (C=O) groups is 1. The van der Waals surface area contributed by atoms with Crippen LogP contribution in [-0.4, -0.2) is 15.6 Å². The van der Waals surface area contributed by atoms with Crippen LogP contribution in [-0.2, 0) is 12.5 Å². The molecular formula is C14H21N3O. The minimum atomic E-state index is -0.222. The van der Waals surface area contributed by atoms with Gasteiger partial charge in [-0.05, 0) is 6.42 Å². The van der Waals surface area contributed by atoms with Gasteiger partial charge < -0.3 is 0 Å². The summed E-state index contributed by atoms with van der Waals surface area (Å²) in [5, 5.41) is 13.2. The third-order valence-electron chi connectivity index (χ3n) is 3.01. The van der Waals surface area contributed by atoms with E-state index in [2.05, 4.69) is 11.2 Å². The fourth-order valence-corrected chi connectivity index (χ4v) is 1.98. The highest BCUT2D eigenvalue weighted by molar-refractivity contribution is 5.99. The van der Waals surface area contributed by atoms with Crippen molar-refractivity contribution >= 4 is 5.78 Å². The number of Topliss-reactive ketones (excluding diaryl/α,β-unsaturated/α-hetero) is 1. The molecule has 1 atom stereocenters. The molecule has 1 rings (SSSR count). The van der Waals surface area contributed by atoms with Crippen LogP contribution < -0.4 is 0 Å². The second-order valence-electron chi connectivity index (χ2n) is 5.65. The molecule has 1 heterocycles. The number of carbonyl (C=O) groups excluding carboxylic acids is 1. The molecule has 0 N–H and O–H groups in total. The first-order chi connectivity index (χ1) is 8.31. The molecule has 0 saturated heterocycles. The molecule has 0 aliphatic carbocycles. The van der Waals surface area contributed by atoms with Gasteiger partial charge in [-0.25, -0.2) is 0 Å². The zero-order valence-corrected chi connectivity index (χ0v) is 11.8. The van der Waals surface area contributed by atoms with Crippen molar-refractivity contribution in [3.05, 3.63) is 17.5 Å². The minimum Gasteiger partial charge on any atom is -0.294 e. The van der Waals surface area contributed by atoms with E-state index in [9.17, 15) is 4.79 Å². The lowest BCUT2D eigenvalue weighted by Gasteiger charge is -2.18. The van der Waals surface area contributed by atoms with Crippen LogP contribution in [0.15, 0.2) is 6.20 Å². The fraction of sp³-hybridized carbons (Fsp3) is 0.643. The SMILES string of the molecule is CCC(CC#N)C(=O)c1cn(C)nc1C(C)(C)C. The van der Waals surface area contributed by atoms with Gasteiger partial charge in [-0.3, -0.25) is 9.48 Å². The van der Waals surface area contributed by atoms with Gasteiger partial charge in [0.1, 0.15) is 0 Å². The average molecular weight is 247 g/mol. The summed E-state index contributed by atoms with van der Waals surface area (Å²) in [5.41, 5.74) is 1.30. The average Bonchev–Trinajstić information content (AvgIpc) is 2.67. The van der Waals surface area contributed by atoms with Crippen LogP contribution in [0.1, 0.15) is 56.6 Å². The lowest BCUT2D eigenvalue weighted by Crippen LogP contribution is -2.20. The molecule has 18 heavy (non-hydrogen) atoms. The quantitative estimate of drug-likeness (QED) is 0.769. The van der Waals surface area contributed by atoms with Crippen molar-refractivity contribution in [2.24, 2.45) is 13.0 Å². The van der Waals surface area contributed by atoms with Crippen molar-refractivity contribution in [3.63, 3.8) is 0 Å². The van der Waals surface area contributed by atoms with E-state index in [0.29, 0.717) is 12.0 Å². The molecule has 0 aliphatic rings. The Labute approximate surface area is 109 Å². The molecule has 0 spiro atoms. The van der Waals surface area contributed by atoms with E-state index < -0.39 is 0 Å². The zero-order valence-electron chi connectivity index (χ0n) is 11.8. The van der Waals surface area contributed by atoms with E-state index in [4.69, 9.17) is 5.26 Å². The molecule has 98 valence electrons. The number of hydrogen-bond donors (Lipinski definition) is 0. The third-order valence-corrected chi connectivity index (χ3v) is 3.01. The first-order valence-corrected chi connectivity index (χ1v) is 6.26. The molecule has 0 saturated carbocycles. The molecular weight excluding hydrogens is 226 g/mol. The topological polar surface area (TPSA) is 58.7 Å². The summed E-state index contributed by atoms with van der Waals surface area (Å²) in [7, 11) is 1.82. The van der Waals surface area contributed by atoms with E-state index in [1.54, 1.807) is 10.9 Å². The maximum atomic E-state index is 12.4. The molecule has 4 nitrogen and oxygen atoms in total. The van der Waals surface area contributed by atoms with Crippen molar-refractivity contribution in [3.8, 4) is 6.07 Å². The molecule has 1 aromatic heterocycles. The lowest BCUT2D eigenvalue weighted by molar-refractivity contribution is 0.0916. The number of rotatable bonds is 4. The Bertz CT molecular complexity index is 474. The minimum absolute atomic E-state index is 0.0390. The molecule has 1 aromatic rings. The number of hydrogen-bond acceptors (Lipinski definition) is 3. The first-order valence-electron chi connectivity index (χ1n) is 6.26. The summed E-state index contributed by atoms with van der Waals surface area (Å²) in [6, 6.07) is 2.09. The van der Waals surface area contributed by atoms with E-state index >= 15 is 0 Å². The highest BCUT2D eigenvalue weighted by Gasteiger charge is 2.28. The Morgan fingerprint density at radius 3 is 2.61 bits per heavy atom. The standard InChI is InChI=1S/C14H21N3O/c1-6-10(7-8-15)12(18)11-9-17(5)16-13(11)14(2,3)4/h9-10H,6-7H2,1-5H3. The second kappa shape index (κ2) is 5.34. The summed E-state index contributed by atoms with van der Waals surface area (Å²) in [6.45, 7) is 8.05. The van der Waals surface area contributed by atoms with Crippen molar-refractivity contribution in [2.45, 2.75) is 46.0 Å². The van der Waals surface area contributed by atoms with Crippen molar-refractivity contribution < 1.29 is 4.79 Å². The van der Waals surface area contributed by atoms with Gasteiger partial charge in [0.2, 0.25) is 0 Å². The van der Waals surface area contributed by atoms with Crippen LogP contribution in [0.3, 0.4) is 0 Å². The summed E-state index contributed by atoms with van der Waals surface area (Å²) in [6.07, 6.45) is 2.72. The van der Waals surface area contributed by atoms with Crippen LogP contribution in [0.2, 0.25) is 0 Å². The highest BCUT2D eigenvalue weighted by Crippen LogP contribution is 2.27. The normalized spacial score (nSPS) is 13.1. The molecule has 1 unspecified atom stereocenters. The molecule has 0 radical (unpaired) electrons. The maximum absolute atomic E-state index is 12.4. The molecule has 0 bridgehead atoms. The van der Waals surface area contributed by atoms with Gasteiger partial charge in [0.25, 0.3) is 0 Å². The van der Waals surface area contributed by atoms with Crippen molar-refractivity contribution in [1.29, 1.82) is 5.26 Å². The Balaban J connectivity index is 3.17. The van der Waals surface area contributed by atoms with E-state index in [1.807, 2.05) is 34.7 Å². The van der Waals surface area contributed by atoms with Crippen molar-refractivity contribution in [2.75, 3.05) is 0 Å². The van der Waals surface area contributed by atoms with Gasteiger partial charge in [-0.15, -0.1) is 0 Å². The summed E-state index contributed by atoms with van der Waals surface area (Å²) >= 11 is 0. The second-order valence-corrected chi connectivity index (χ2v) is 5.65. The Kier molecular flexibility index (Phi) is 4.28. The molecule has 0 aromatic carbocycles. The number of aromatic nitrogens is 2. The zero-order chi connectivity index (χ0) is 13.9. The molecule has 0 fully saturated rings. The Hall–Kier alpha value is -1.63. The Morgan fingerprint density at radius 2 is 2.17 bits per heavy atom. The maximum Gasteiger partial charge on any atom is 0.170 e. The lowest BCUT2D eigenvalue weighted by atomic mass is 9.85. The Morgan fingerprint density at radius 1 is 1.56 bits per heavy atom. The van der Waals surface area contributed by atoms with Crippen LogP contribution in [0.25, 0.3) is 0 Å². The van der Waals surface area contributed by atoms with Gasteiger partial charge in [0.15, 0.2) is 5.78 Å². The van der Waals surface area contributed by atoms with Gasteiger partial charge in [0.05, 0.1) is 17.3 Å². The predicted molar refractivity (Wildman–Crippen MR) is 70.2 cm³/mol. The summed E-state index contributed by atoms with van der Waals surface area (Å²) < 4.78 is 1.67. The number of nitrogens with zero attached hydrogens (tertiary/aromatic N) is 3. The van der Waals surface area contributed by atoms with Gasteiger partial charge in [0, 0.05) is 31.0 Å². The van der Waals surface area contributed by atoms with E-state index in [0.717, 1.165) is 5.69 Å². The summed E-state index contributed by atoms with van der Waals surface area (Å²) in [5.74, 6) is -0.183. The number of nitriles is 1. The van der Waals surface area contributed by atoms with Crippen molar-refractivity contribution in [1.82, 2.24) is 9.78 Å². The smallest absolute Gasteiger partial charge is 0.170 e. The largest absolute Gasteiger partial charge is 0.294 e. The third kappa shape index (κ3) is 2.98. The van der Waals surface area contributed by atoms with Crippen LogP contribution in [0.5, 0.6) is 0 Å². The van der Waals surface area contributed by atoms with E-state index in [-0.39, 0.29) is 23.5 Å². The van der Waals surface area contributed by atoms with Crippen LogP contribution >= 0.6 is 0 Å². The summed E-state index contributed by atoms with van der Waals surface area (Å²) in [4.78, 5) is 12.4. The fourth-order valence-electron chi connectivity index (χ4n) is 1.98. The molecule has 4 heteroatoms. The molecule has 0 amide bonds. The van der Waals surface area contributed by atoms with Gasteiger partial charge in [-0.1, -0.05) is 27.7 Å². The number of ketones is 1. The highest BCUT2D eigenvalue weighted by atomic mass is 16.1. The number of aryl methyl sites for hydroxylation is 1. The van der Waals surface area contributed by atoms with Gasteiger partial charge in [-0.2, -0.15) is 10.4 Å². The van der Waals surface area contributed by atoms with Crippen LogP contribution in [0, 0.1) is 17.2 Å². The van der Waals surface area contributed by atoms with Crippen LogP contribution in [0.4, 0.5) is 0 Å². The molecule has 0 aliphatic heterocycles. The predicted octanol–water partition coefficient (Wildman–Crippen LogP) is 2.84.